The molecule has 0 amide bonds. The Kier molecular flexibility index (Phi) is 4.58. The molecule has 130 valence electrons. The molecular weight excluding hydrogens is 358 g/mol. The van der Waals surface area contributed by atoms with Crippen LogP contribution >= 0.6 is 0 Å². The molecule has 0 bridgehead atoms. The summed E-state index contributed by atoms with van der Waals surface area (Å²) in [4.78, 5) is 10.9. The van der Waals surface area contributed by atoms with Crippen molar-refractivity contribution in [2.45, 2.75) is 18.0 Å². The van der Waals surface area contributed by atoms with E-state index in [9.17, 15) is 53.8 Å². The molecule has 0 N–H and O–H groups in total. The van der Waals surface area contributed by atoms with E-state index in [4.69, 9.17) is 0 Å². The maximum atomic E-state index is 13.1. The molecule has 1 aromatic carbocycles. The Morgan fingerprint density at radius 1 is 0.870 bits per heavy atom. The highest BCUT2D eigenvalue weighted by Gasteiger charge is 2.68. The number of benzene rings is 1. The summed E-state index contributed by atoms with van der Waals surface area (Å²) >= 11 is 0. The number of alkyl halides is 6. The summed E-state index contributed by atoms with van der Waals surface area (Å²) in [6.07, 6.45) is -13.5. The van der Waals surface area contributed by atoms with Gasteiger partial charge in [-0.05, 0) is 0 Å². The Morgan fingerprint density at radius 2 is 1.30 bits per heavy atom. The Labute approximate surface area is 119 Å². The zero-order valence-electron chi connectivity index (χ0n) is 10.1. The lowest BCUT2D eigenvalue weighted by Gasteiger charge is -2.39. The molecule has 0 aromatic heterocycles. The molecule has 3 nitrogen and oxygen atoms in total. The number of ether oxygens (including phenoxy) is 1. The molecule has 0 aliphatic rings. The first-order valence-electron chi connectivity index (χ1n) is 5.03. The van der Waals surface area contributed by atoms with Crippen LogP contribution in [0.15, 0.2) is 6.07 Å². The summed E-state index contributed by atoms with van der Waals surface area (Å²) < 4.78 is 128. The van der Waals surface area contributed by atoms with E-state index in [1.54, 1.807) is 0 Å². The second-order valence-electron chi connectivity index (χ2n) is 3.86. The zero-order chi connectivity index (χ0) is 18.4. The summed E-state index contributed by atoms with van der Waals surface area (Å²) in [6, 6.07) is -0.543. The molecule has 0 spiro atoms. The first-order valence-corrected chi connectivity index (χ1v) is 5.03. The summed E-state index contributed by atoms with van der Waals surface area (Å²) in [5.74, 6) is -15.9. The fraction of sp³-hybridized carbons (Fsp3) is 0.300. The summed E-state index contributed by atoms with van der Waals surface area (Å²) in [5.41, 5.74) is -6.35. The van der Waals surface area contributed by atoms with Crippen LogP contribution in [0.1, 0.15) is 0 Å². The van der Waals surface area contributed by atoms with Gasteiger partial charge in [0, 0.05) is 6.07 Å². The van der Waals surface area contributed by atoms with E-state index in [1.807, 2.05) is 0 Å². The van der Waals surface area contributed by atoms with Gasteiger partial charge in [0.15, 0.2) is 23.0 Å². The van der Waals surface area contributed by atoms with Crippen LogP contribution in [-0.4, -0.2) is 23.9 Å². The van der Waals surface area contributed by atoms with E-state index in [1.165, 1.54) is 0 Å². The van der Waals surface area contributed by atoms with E-state index in [-0.39, 0.29) is 0 Å². The van der Waals surface area contributed by atoms with Crippen molar-refractivity contribution >= 4 is 5.97 Å². The van der Waals surface area contributed by atoms with Gasteiger partial charge < -0.3 is 9.84 Å². The van der Waals surface area contributed by atoms with Crippen LogP contribution in [0, 0.1) is 23.3 Å². The third-order valence-corrected chi connectivity index (χ3v) is 2.36. The second-order valence-corrected chi connectivity index (χ2v) is 3.86. The maximum Gasteiger partial charge on any atom is 0.399 e. The normalized spacial score (nSPS) is 13.2. The largest absolute Gasteiger partial charge is 0.828 e. The highest BCUT2D eigenvalue weighted by Crippen LogP contribution is 2.42. The maximum absolute atomic E-state index is 13.1. The average molecular weight is 359 g/mol. The van der Waals surface area contributed by atoms with Crippen molar-refractivity contribution in [3.63, 3.8) is 0 Å². The van der Waals surface area contributed by atoms with E-state index in [2.05, 4.69) is 4.74 Å². The van der Waals surface area contributed by atoms with E-state index in [0.29, 0.717) is 0 Å². The number of halogens is 10. The second kappa shape index (κ2) is 5.54. The van der Waals surface area contributed by atoms with Crippen molar-refractivity contribution in [3.05, 3.63) is 29.3 Å². The van der Waals surface area contributed by atoms with Crippen LogP contribution in [0.3, 0.4) is 0 Å². The molecule has 0 unspecified atom stereocenters. The van der Waals surface area contributed by atoms with Crippen molar-refractivity contribution in [1.82, 2.24) is 0 Å². The summed E-state index contributed by atoms with van der Waals surface area (Å²) in [5, 5.41) is 10.9. The van der Waals surface area contributed by atoms with Crippen LogP contribution < -0.4 is 9.84 Å². The minimum Gasteiger partial charge on any atom is -0.828 e. The summed E-state index contributed by atoms with van der Waals surface area (Å²) in [7, 11) is 0. The van der Waals surface area contributed by atoms with Gasteiger partial charge in [-0.15, -0.1) is 0 Å². The lowest BCUT2D eigenvalue weighted by atomic mass is 10.0. The zero-order valence-corrected chi connectivity index (χ0v) is 10.1. The van der Waals surface area contributed by atoms with Gasteiger partial charge in [0.2, 0.25) is 11.6 Å². The molecule has 0 atom stereocenters. The molecule has 23 heavy (non-hydrogen) atoms. The van der Waals surface area contributed by atoms with Crippen LogP contribution in [0.25, 0.3) is 0 Å². The average Bonchev–Trinajstić information content (AvgIpc) is 2.38. The summed E-state index contributed by atoms with van der Waals surface area (Å²) in [6.45, 7) is 0. The third kappa shape index (κ3) is 3.04. The number of rotatable bonds is 2. The lowest BCUT2D eigenvalue weighted by Crippen LogP contribution is -2.72. The lowest BCUT2D eigenvalue weighted by molar-refractivity contribution is -0.573. The third-order valence-electron chi connectivity index (χ3n) is 2.36. The van der Waals surface area contributed by atoms with Gasteiger partial charge in [-0.25, -0.2) is 13.2 Å². The van der Waals surface area contributed by atoms with Crippen molar-refractivity contribution in [2.75, 3.05) is 0 Å². The molecule has 0 saturated heterocycles. The highest BCUT2D eigenvalue weighted by molar-refractivity contribution is 5.83. The predicted molar refractivity (Wildman–Crippen MR) is 46.7 cm³/mol. The molecule has 0 radical (unpaired) electrons. The van der Waals surface area contributed by atoms with Gasteiger partial charge in [-0.1, -0.05) is 0 Å². The van der Waals surface area contributed by atoms with Gasteiger partial charge >= 0.3 is 18.3 Å². The Balaban J connectivity index is 3.36. The highest BCUT2D eigenvalue weighted by atomic mass is 19.4. The number of carbonyl (C=O) groups excluding carboxylic acids is 1. The van der Waals surface area contributed by atoms with Crippen molar-refractivity contribution in [2.24, 2.45) is 0 Å². The first kappa shape index (κ1) is 19.0. The van der Waals surface area contributed by atoms with Gasteiger partial charge in [0.05, 0.1) is 0 Å². The van der Waals surface area contributed by atoms with Crippen LogP contribution in [-0.2, 0) is 4.79 Å². The molecular formula is C10HF10O3-. The Bertz CT molecular complexity index is 619. The van der Waals surface area contributed by atoms with Gasteiger partial charge in [0.25, 0.3) is 0 Å². The molecule has 0 saturated carbocycles. The topological polar surface area (TPSA) is 49.4 Å². The standard InChI is InChI=1S/C10HF10O3/c11-2-1-3(5(13)6(14)4(2)12)23-7(21)8(22,9(15,16)17)10(18,19)20/h1H/q-1. The van der Waals surface area contributed by atoms with E-state index >= 15 is 0 Å². The van der Waals surface area contributed by atoms with Gasteiger partial charge in [0.1, 0.15) is 0 Å². The number of esters is 1. The molecule has 0 aliphatic carbocycles. The van der Waals surface area contributed by atoms with E-state index in [0.717, 1.165) is 0 Å². The molecule has 13 heteroatoms. The Hall–Kier alpha value is -2.05. The molecule has 0 fully saturated rings. The van der Waals surface area contributed by atoms with Crippen molar-refractivity contribution in [1.29, 1.82) is 0 Å². The van der Waals surface area contributed by atoms with Crippen LogP contribution in [0.5, 0.6) is 5.75 Å². The molecule has 0 heterocycles. The van der Waals surface area contributed by atoms with Crippen molar-refractivity contribution in [3.8, 4) is 5.75 Å². The molecule has 0 aliphatic heterocycles. The monoisotopic (exact) mass is 359 g/mol. The van der Waals surface area contributed by atoms with Crippen molar-refractivity contribution < 1.29 is 58.5 Å². The van der Waals surface area contributed by atoms with Gasteiger partial charge in [-0.3, -0.25) is 4.79 Å². The quantitative estimate of drug-likeness (QED) is 0.268. The van der Waals surface area contributed by atoms with Crippen LogP contribution in [0.4, 0.5) is 43.9 Å². The molecule has 1 aromatic rings. The minimum absolute atomic E-state index is 0.543. The van der Waals surface area contributed by atoms with E-state index < -0.39 is 59.0 Å². The smallest absolute Gasteiger partial charge is 0.399 e. The first-order chi connectivity index (χ1) is 10.1. The Morgan fingerprint density at radius 3 is 1.70 bits per heavy atom. The number of carbonyl (C=O) groups is 1. The fourth-order valence-electron chi connectivity index (χ4n) is 1.19. The fourth-order valence-corrected chi connectivity index (χ4v) is 1.19. The predicted octanol–water partition coefficient (Wildman–Crippen LogP) is 2.37. The van der Waals surface area contributed by atoms with Gasteiger partial charge in [-0.2, -0.15) is 30.7 Å². The SMILES string of the molecule is O=C(Oc1cc(F)c(F)c(F)c1F)C([O-])(C(F)(F)F)C(F)(F)F. The number of hydrogen-bond donors (Lipinski definition) is 0. The minimum atomic E-state index is -6.77. The van der Waals surface area contributed by atoms with Crippen LogP contribution in [0.2, 0.25) is 0 Å². The molecule has 1 rings (SSSR count). The number of hydrogen-bond acceptors (Lipinski definition) is 3.